The number of hydrogen-bond donors (Lipinski definition) is 2. The van der Waals surface area contributed by atoms with Gasteiger partial charge in [-0.1, -0.05) is 12.5 Å². The zero-order valence-electron chi connectivity index (χ0n) is 15.1. The number of aromatic amines is 1. The second-order valence-electron chi connectivity index (χ2n) is 6.09. The summed E-state index contributed by atoms with van der Waals surface area (Å²) in [7, 11) is 1.85. The van der Waals surface area contributed by atoms with Crippen molar-refractivity contribution >= 4 is 22.8 Å². The zero-order chi connectivity index (χ0) is 19.2. The number of rotatable bonds is 1. The van der Waals surface area contributed by atoms with Gasteiger partial charge in [-0.2, -0.15) is 5.10 Å². The van der Waals surface area contributed by atoms with Gasteiger partial charge in [-0.05, 0) is 30.9 Å². The number of hydrogen-bond acceptors (Lipinski definition) is 5. The highest BCUT2D eigenvalue weighted by Gasteiger charge is 2.14. The Balaban J connectivity index is 0.000000197. The molecule has 0 spiro atoms. The molecular formula is C19H21N7O. The molecule has 1 aliphatic rings. The van der Waals surface area contributed by atoms with Crippen LogP contribution in [0.4, 0.5) is 5.82 Å². The number of nitrogens with one attached hydrogen (secondary N) is 1. The molecule has 0 aromatic carbocycles. The Kier molecular flexibility index (Phi) is 5.52. The summed E-state index contributed by atoms with van der Waals surface area (Å²) in [6.07, 6.45) is 8.67. The predicted octanol–water partition coefficient (Wildman–Crippen LogP) is 1.47. The van der Waals surface area contributed by atoms with E-state index in [9.17, 15) is 4.79 Å². The minimum absolute atomic E-state index is 0.0764. The number of H-pyrrole nitrogens is 1. The third-order valence-corrected chi connectivity index (χ3v) is 4.10. The quantitative estimate of drug-likeness (QED) is 0.503. The van der Waals surface area contributed by atoms with Gasteiger partial charge in [0.1, 0.15) is 17.8 Å². The highest BCUT2D eigenvalue weighted by atomic mass is 16.2. The fourth-order valence-electron chi connectivity index (χ4n) is 2.72. The summed E-state index contributed by atoms with van der Waals surface area (Å²) < 4.78 is 1.71. The largest absolute Gasteiger partial charge is 0.383 e. The van der Waals surface area contributed by atoms with Crippen LogP contribution in [0.3, 0.4) is 0 Å². The van der Waals surface area contributed by atoms with Gasteiger partial charge < -0.3 is 15.6 Å². The van der Waals surface area contributed by atoms with E-state index in [4.69, 9.17) is 5.73 Å². The maximum Gasteiger partial charge on any atom is 0.245 e. The Morgan fingerprint density at radius 1 is 1.33 bits per heavy atom. The number of nitrogens with zero attached hydrogens (tertiary/aromatic N) is 5. The lowest BCUT2D eigenvalue weighted by Gasteiger charge is -2.10. The van der Waals surface area contributed by atoms with Crippen LogP contribution in [0, 0.1) is 11.8 Å². The smallest absolute Gasteiger partial charge is 0.245 e. The maximum absolute atomic E-state index is 10.8. The van der Waals surface area contributed by atoms with Gasteiger partial charge >= 0.3 is 0 Å². The van der Waals surface area contributed by atoms with Crippen LogP contribution < -0.4 is 5.73 Å². The van der Waals surface area contributed by atoms with Crippen LogP contribution in [0.5, 0.6) is 0 Å². The second kappa shape index (κ2) is 8.19. The molecule has 1 saturated heterocycles. The van der Waals surface area contributed by atoms with Gasteiger partial charge in [-0.15, -0.1) is 0 Å². The second-order valence-corrected chi connectivity index (χ2v) is 6.09. The standard InChI is InChI=1S/C12H10N6.C7H11NO/c1-18-6-8(5-16-18)2-3-9-4-10-11(13)14-7-15-12(10)17-9;1-2-7(9)8-5-3-4-6-8/h4-7H,1H3,(H3,13,14,15,17);2H,1,3-6H2. The highest BCUT2D eigenvalue weighted by molar-refractivity contribution is 5.87. The molecule has 1 fully saturated rings. The predicted molar refractivity (Wildman–Crippen MR) is 104 cm³/mol. The third kappa shape index (κ3) is 4.52. The molecule has 4 rings (SSSR count). The molecule has 138 valence electrons. The lowest BCUT2D eigenvalue weighted by molar-refractivity contribution is -0.124. The Labute approximate surface area is 157 Å². The van der Waals surface area contributed by atoms with Gasteiger partial charge in [0, 0.05) is 26.3 Å². The summed E-state index contributed by atoms with van der Waals surface area (Å²) >= 11 is 0. The fraction of sp³-hybridized carbons (Fsp3) is 0.263. The molecule has 3 N–H and O–H groups in total. The van der Waals surface area contributed by atoms with Crippen LogP contribution in [0.25, 0.3) is 11.0 Å². The fourth-order valence-corrected chi connectivity index (χ4v) is 2.72. The summed E-state index contributed by atoms with van der Waals surface area (Å²) in [5.41, 5.74) is 8.05. The topological polar surface area (TPSA) is 106 Å². The van der Waals surface area contributed by atoms with Crippen LogP contribution in [0.2, 0.25) is 0 Å². The van der Waals surface area contributed by atoms with Crippen molar-refractivity contribution in [2.45, 2.75) is 12.8 Å². The van der Waals surface area contributed by atoms with Crippen LogP contribution in [0.1, 0.15) is 24.1 Å². The lowest BCUT2D eigenvalue weighted by Crippen LogP contribution is -2.25. The molecule has 0 unspecified atom stereocenters. The molecule has 27 heavy (non-hydrogen) atoms. The average molecular weight is 363 g/mol. The van der Waals surface area contributed by atoms with Crippen molar-refractivity contribution < 1.29 is 4.79 Å². The summed E-state index contributed by atoms with van der Waals surface area (Å²) in [4.78, 5) is 23.7. The monoisotopic (exact) mass is 363 g/mol. The molecule has 8 heteroatoms. The van der Waals surface area contributed by atoms with Gasteiger partial charge in [0.05, 0.1) is 22.8 Å². The van der Waals surface area contributed by atoms with Crippen LogP contribution in [0.15, 0.2) is 37.4 Å². The SMILES string of the molecule is C=CC(=O)N1CCCC1.Cn1cc(C#Cc2cc3c(N)ncnc3[nH]2)cn1. The van der Waals surface area contributed by atoms with E-state index in [0.717, 1.165) is 42.6 Å². The summed E-state index contributed by atoms with van der Waals surface area (Å²) in [5.74, 6) is 6.54. The summed E-state index contributed by atoms with van der Waals surface area (Å²) in [6.45, 7) is 5.26. The normalized spacial score (nSPS) is 12.9. The molecule has 1 aliphatic heterocycles. The van der Waals surface area contributed by atoms with Gasteiger partial charge in [0.2, 0.25) is 5.91 Å². The minimum Gasteiger partial charge on any atom is -0.383 e. The Hall–Kier alpha value is -3.60. The Bertz CT molecular complexity index is 1020. The number of carbonyl (C=O) groups excluding carboxylic acids is 1. The molecule has 3 aromatic heterocycles. The van der Waals surface area contributed by atoms with Crippen molar-refractivity contribution in [3.63, 3.8) is 0 Å². The Morgan fingerprint density at radius 2 is 2.11 bits per heavy atom. The lowest BCUT2D eigenvalue weighted by atomic mass is 10.3. The van der Waals surface area contributed by atoms with Gasteiger partial charge in [-0.3, -0.25) is 9.48 Å². The first kappa shape index (κ1) is 18.2. The minimum atomic E-state index is 0.0764. The first-order valence-electron chi connectivity index (χ1n) is 8.58. The zero-order valence-corrected chi connectivity index (χ0v) is 15.1. The number of carbonyl (C=O) groups is 1. The van der Waals surface area contributed by atoms with Crippen molar-refractivity contribution in [1.29, 1.82) is 0 Å². The molecule has 1 amide bonds. The van der Waals surface area contributed by atoms with E-state index in [1.807, 2.05) is 24.2 Å². The van der Waals surface area contributed by atoms with Crippen LogP contribution in [-0.4, -0.2) is 48.6 Å². The van der Waals surface area contributed by atoms with E-state index in [0.29, 0.717) is 11.5 Å². The van der Waals surface area contributed by atoms with Crippen molar-refractivity contribution in [3.05, 3.63) is 48.7 Å². The van der Waals surface area contributed by atoms with Crippen molar-refractivity contribution in [2.24, 2.45) is 7.05 Å². The Morgan fingerprint density at radius 3 is 2.74 bits per heavy atom. The first-order chi connectivity index (χ1) is 13.1. The summed E-state index contributed by atoms with van der Waals surface area (Å²) in [6, 6.07) is 1.84. The third-order valence-electron chi connectivity index (χ3n) is 4.10. The first-order valence-corrected chi connectivity index (χ1v) is 8.58. The molecule has 3 aromatic rings. The van der Waals surface area contributed by atoms with E-state index in [1.54, 1.807) is 10.9 Å². The van der Waals surface area contributed by atoms with Gasteiger partial charge in [-0.25, -0.2) is 9.97 Å². The average Bonchev–Trinajstić information content (AvgIpc) is 3.41. The maximum atomic E-state index is 10.8. The molecule has 8 nitrogen and oxygen atoms in total. The molecule has 0 bridgehead atoms. The molecule has 0 atom stereocenters. The number of likely N-dealkylation sites (tertiary alicyclic amines) is 1. The number of anilines is 1. The number of aryl methyl sites for hydroxylation is 1. The van der Waals surface area contributed by atoms with E-state index >= 15 is 0 Å². The molecule has 4 heterocycles. The van der Waals surface area contributed by atoms with Gasteiger partial charge in [0.25, 0.3) is 0 Å². The number of fused-ring (bicyclic) bond motifs is 1. The molecule has 0 saturated carbocycles. The highest BCUT2D eigenvalue weighted by Crippen LogP contribution is 2.16. The number of aromatic nitrogens is 5. The number of amides is 1. The van der Waals surface area contributed by atoms with E-state index in [-0.39, 0.29) is 5.91 Å². The molecule has 0 radical (unpaired) electrons. The van der Waals surface area contributed by atoms with E-state index < -0.39 is 0 Å². The van der Waals surface area contributed by atoms with E-state index in [2.05, 4.69) is 38.5 Å². The number of nitrogen functional groups attached to an aromatic ring is 1. The molecule has 0 aliphatic carbocycles. The van der Waals surface area contributed by atoms with Crippen molar-refractivity contribution in [1.82, 2.24) is 29.6 Å². The summed E-state index contributed by atoms with van der Waals surface area (Å²) in [5, 5.41) is 4.83. The number of nitrogens with two attached hydrogens (primary N) is 1. The van der Waals surface area contributed by atoms with E-state index in [1.165, 1.54) is 12.4 Å². The van der Waals surface area contributed by atoms with Gasteiger partial charge in [0.15, 0.2) is 0 Å². The van der Waals surface area contributed by atoms with Crippen LogP contribution >= 0.6 is 0 Å². The van der Waals surface area contributed by atoms with Crippen molar-refractivity contribution in [3.8, 4) is 11.8 Å². The molecular weight excluding hydrogens is 342 g/mol. The van der Waals surface area contributed by atoms with Crippen molar-refractivity contribution in [2.75, 3.05) is 18.8 Å². The van der Waals surface area contributed by atoms with Crippen LogP contribution in [-0.2, 0) is 11.8 Å².